The van der Waals surface area contributed by atoms with E-state index in [1.54, 1.807) is 34.6 Å². The number of hydrogen-bond donors (Lipinski definition) is 2. The smallest absolute Gasteiger partial charge is 0.407 e. The molecule has 0 unspecified atom stereocenters. The minimum absolute atomic E-state index is 0.0972. The van der Waals surface area contributed by atoms with Crippen molar-refractivity contribution in [2.45, 2.75) is 46.3 Å². The molecule has 0 saturated heterocycles. The molecule has 0 bridgehead atoms. The van der Waals surface area contributed by atoms with Gasteiger partial charge in [0.15, 0.2) is 0 Å². The summed E-state index contributed by atoms with van der Waals surface area (Å²) in [6.45, 7) is 8.48. The maximum Gasteiger partial charge on any atom is 0.407 e. The molecule has 0 aromatic rings. The van der Waals surface area contributed by atoms with Crippen LogP contribution in [0, 0.1) is 5.92 Å². The Bertz CT molecular complexity index is 360. The summed E-state index contributed by atoms with van der Waals surface area (Å²) in [6.07, 6.45) is -0.662. The van der Waals surface area contributed by atoms with Crippen LogP contribution in [0.2, 0.25) is 0 Å². The van der Waals surface area contributed by atoms with Crippen molar-refractivity contribution in [3.63, 3.8) is 0 Å². The van der Waals surface area contributed by atoms with Crippen LogP contribution in [0.1, 0.15) is 34.6 Å². The summed E-state index contributed by atoms with van der Waals surface area (Å²) >= 11 is 0. The van der Waals surface area contributed by atoms with Crippen molar-refractivity contribution in [3.8, 4) is 0 Å². The maximum absolute atomic E-state index is 11.6. The summed E-state index contributed by atoms with van der Waals surface area (Å²) in [4.78, 5) is 34.6. The van der Waals surface area contributed by atoms with Gasteiger partial charge in [-0.25, -0.2) is 9.59 Å². The predicted octanol–water partition coefficient (Wildman–Crippen LogP) is 0.825. The largest absolute Gasteiger partial charge is 0.467 e. The number of hydrogen-bond acceptors (Lipinski definition) is 5. The fraction of sp³-hybridized carbons (Fsp3) is 0.769. The number of alkyl carbamates (subject to hydrolysis) is 1. The molecule has 20 heavy (non-hydrogen) atoms. The second-order valence-electron chi connectivity index (χ2n) is 5.62. The topological polar surface area (TPSA) is 93.7 Å². The second-order valence-corrected chi connectivity index (χ2v) is 5.62. The third-order valence-electron chi connectivity index (χ3n) is 2.18. The number of rotatable bonds is 5. The van der Waals surface area contributed by atoms with Gasteiger partial charge in [0.1, 0.15) is 11.6 Å². The summed E-state index contributed by atoms with van der Waals surface area (Å²) in [6, 6.07) is -0.942. The highest BCUT2D eigenvalue weighted by molar-refractivity contribution is 5.85. The molecule has 0 aliphatic heterocycles. The molecule has 1 atom stereocenters. The molecule has 0 saturated carbocycles. The lowest BCUT2D eigenvalue weighted by atomic mass is 10.2. The van der Waals surface area contributed by atoms with Crippen LogP contribution in [0.5, 0.6) is 0 Å². The molecule has 0 spiro atoms. The van der Waals surface area contributed by atoms with E-state index >= 15 is 0 Å². The molecule has 0 aromatic carbocycles. The van der Waals surface area contributed by atoms with Crippen LogP contribution < -0.4 is 10.6 Å². The van der Waals surface area contributed by atoms with Gasteiger partial charge in [-0.2, -0.15) is 0 Å². The second kappa shape index (κ2) is 7.72. The third kappa shape index (κ3) is 7.60. The van der Waals surface area contributed by atoms with Crippen LogP contribution >= 0.6 is 0 Å². The molecule has 0 rings (SSSR count). The van der Waals surface area contributed by atoms with E-state index in [2.05, 4.69) is 15.4 Å². The summed E-state index contributed by atoms with van der Waals surface area (Å²) < 4.78 is 9.62. The van der Waals surface area contributed by atoms with Crippen LogP contribution in [0.15, 0.2) is 0 Å². The van der Waals surface area contributed by atoms with E-state index in [0.717, 1.165) is 0 Å². The van der Waals surface area contributed by atoms with Gasteiger partial charge in [0.05, 0.1) is 13.7 Å². The zero-order valence-corrected chi connectivity index (χ0v) is 12.9. The average molecular weight is 288 g/mol. The molecule has 2 amide bonds. The number of nitrogens with one attached hydrogen (secondary N) is 2. The first-order valence-corrected chi connectivity index (χ1v) is 6.42. The van der Waals surface area contributed by atoms with Gasteiger partial charge >= 0.3 is 12.1 Å². The molecule has 0 radical (unpaired) electrons. The van der Waals surface area contributed by atoms with Gasteiger partial charge in [0, 0.05) is 5.92 Å². The molecule has 0 aromatic heterocycles. The zero-order chi connectivity index (χ0) is 15.9. The van der Waals surface area contributed by atoms with Crippen molar-refractivity contribution < 1.29 is 23.9 Å². The van der Waals surface area contributed by atoms with Crippen LogP contribution in [-0.2, 0) is 19.1 Å². The Hall–Kier alpha value is -1.79. The number of esters is 1. The summed E-state index contributed by atoms with van der Waals surface area (Å²) in [5.74, 6) is -1.20. The maximum atomic E-state index is 11.6. The Morgan fingerprint density at radius 1 is 1.15 bits per heavy atom. The third-order valence-corrected chi connectivity index (χ3v) is 2.18. The van der Waals surface area contributed by atoms with E-state index in [1.165, 1.54) is 7.11 Å². The summed E-state index contributed by atoms with van der Waals surface area (Å²) in [5, 5.41) is 4.92. The standard InChI is InChI=1S/C13H24N2O5/c1-8(2)10(16)15-9(11(17)19-6)7-14-12(18)20-13(3,4)5/h8-9H,7H2,1-6H3,(H,14,18)(H,15,16)/t9-/m0/s1. The van der Waals surface area contributed by atoms with E-state index in [-0.39, 0.29) is 18.4 Å². The average Bonchev–Trinajstić information content (AvgIpc) is 2.30. The first kappa shape index (κ1) is 18.2. The van der Waals surface area contributed by atoms with Crippen molar-refractivity contribution in [3.05, 3.63) is 0 Å². The van der Waals surface area contributed by atoms with Crippen molar-refractivity contribution in [2.75, 3.05) is 13.7 Å². The van der Waals surface area contributed by atoms with E-state index < -0.39 is 23.7 Å². The number of carbonyl (C=O) groups excluding carboxylic acids is 3. The lowest BCUT2D eigenvalue weighted by Crippen LogP contribution is -2.50. The van der Waals surface area contributed by atoms with Crippen LogP contribution in [0.25, 0.3) is 0 Å². The minimum atomic E-state index is -0.942. The summed E-state index contributed by atoms with van der Waals surface area (Å²) in [5.41, 5.74) is -0.633. The first-order valence-electron chi connectivity index (χ1n) is 6.42. The minimum Gasteiger partial charge on any atom is -0.467 e. The SMILES string of the molecule is COC(=O)[C@H](CNC(=O)OC(C)(C)C)NC(=O)C(C)C. The number of amides is 2. The lowest BCUT2D eigenvalue weighted by molar-refractivity contribution is -0.145. The summed E-state index contributed by atoms with van der Waals surface area (Å²) in [7, 11) is 1.21. The van der Waals surface area contributed by atoms with Crippen molar-refractivity contribution in [1.82, 2.24) is 10.6 Å². The Balaban J connectivity index is 4.49. The van der Waals surface area contributed by atoms with Crippen molar-refractivity contribution >= 4 is 18.0 Å². The number of methoxy groups -OCH3 is 1. The van der Waals surface area contributed by atoms with Gasteiger partial charge in [-0.15, -0.1) is 0 Å². The van der Waals surface area contributed by atoms with Crippen LogP contribution in [0.3, 0.4) is 0 Å². The fourth-order valence-electron chi connectivity index (χ4n) is 1.17. The molecule has 0 heterocycles. The Morgan fingerprint density at radius 2 is 1.70 bits per heavy atom. The van der Waals surface area contributed by atoms with Gasteiger partial charge in [-0.1, -0.05) is 13.8 Å². The molecule has 0 aliphatic carbocycles. The van der Waals surface area contributed by atoms with Gasteiger partial charge in [-0.3, -0.25) is 4.79 Å². The number of carbonyl (C=O) groups is 3. The lowest BCUT2D eigenvalue weighted by Gasteiger charge is -2.22. The molecule has 7 heteroatoms. The highest BCUT2D eigenvalue weighted by Crippen LogP contribution is 2.06. The monoisotopic (exact) mass is 288 g/mol. The first-order chi connectivity index (χ1) is 9.06. The normalized spacial score (nSPS) is 12.6. The molecule has 116 valence electrons. The van der Waals surface area contributed by atoms with E-state index in [0.29, 0.717) is 0 Å². The molecular formula is C13H24N2O5. The molecular weight excluding hydrogens is 264 g/mol. The Labute approximate surface area is 119 Å². The van der Waals surface area contributed by atoms with Crippen molar-refractivity contribution in [2.24, 2.45) is 5.92 Å². The van der Waals surface area contributed by atoms with Crippen LogP contribution in [0.4, 0.5) is 4.79 Å². The highest BCUT2D eigenvalue weighted by Gasteiger charge is 2.24. The van der Waals surface area contributed by atoms with E-state index in [9.17, 15) is 14.4 Å². The fourth-order valence-corrected chi connectivity index (χ4v) is 1.17. The van der Waals surface area contributed by atoms with E-state index in [4.69, 9.17) is 4.74 Å². The zero-order valence-electron chi connectivity index (χ0n) is 12.9. The quantitative estimate of drug-likeness (QED) is 0.731. The van der Waals surface area contributed by atoms with Gasteiger partial charge < -0.3 is 20.1 Å². The number of ether oxygens (including phenoxy) is 2. The predicted molar refractivity (Wildman–Crippen MR) is 73.0 cm³/mol. The highest BCUT2D eigenvalue weighted by atomic mass is 16.6. The van der Waals surface area contributed by atoms with Gasteiger partial charge in [-0.05, 0) is 20.8 Å². The van der Waals surface area contributed by atoms with Crippen molar-refractivity contribution in [1.29, 1.82) is 0 Å². The molecule has 0 fully saturated rings. The van der Waals surface area contributed by atoms with Crippen LogP contribution in [-0.4, -0.2) is 43.3 Å². The molecule has 0 aliphatic rings. The Kier molecular flexibility index (Phi) is 7.02. The Morgan fingerprint density at radius 3 is 2.10 bits per heavy atom. The van der Waals surface area contributed by atoms with Gasteiger partial charge in [0.2, 0.25) is 5.91 Å². The van der Waals surface area contributed by atoms with Gasteiger partial charge in [0.25, 0.3) is 0 Å². The molecule has 7 nitrogen and oxygen atoms in total. The van der Waals surface area contributed by atoms with E-state index in [1.807, 2.05) is 0 Å². The molecule has 2 N–H and O–H groups in total.